The fraction of sp³-hybridized carbons (Fsp3) is 0.478. The average molecular weight is 481 g/mol. The Kier molecular flexibility index (Phi) is 6.54. The molecular formula is C23H26Cl2N2O5. The minimum atomic E-state index is -0.602. The molecule has 4 rings (SSSR count). The Balaban J connectivity index is 1.60. The second-order valence-electron chi connectivity index (χ2n) is 8.53. The lowest BCUT2D eigenvalue weighted by molar-refractivity contribution is 0.00669. The van der Waals surface area contributed by atoms with Gasteiger partial charge in [0.2, 0.25) is 0 Å². The molecule has 1 unspecified atom stereocenters. The predicted molar refractivity (Wildman–Crippen MR) is 122 cm³/mol. The lowest BCUT2D eigenvalue weighted by Crippen LogP contribution is -2.39. The molecule has 172 valence electrons. The summed E-state index contributed by atoms with van der Waals surface area (Å²) in [6.45, 7) is 6.29. The Morgan fingerprint density at radius 1 is 1.31 bits per heavy atom. The molecule has 9 heteroatoms. The number of pyridine rings is 1. The monoisotopic (exact) mass is 480 g/mol. The van der Waals surface area contributed by atoms with Crippen molar-refractivity contribution >= 4 is 29.1 Å². The Morgan fingerprint density at radius 2 is 2.06 bits per heavy atom. The van der Waals surface area contributed by atoms with E-state index in [1.807, 2.05) is 19.9 Å². The topological polar surface area (TPSA) is 91.9 Å². The summed E-state index contributed by atoms with van der Waals surface area (Å²) in [6.07, 6.45) is -0.170. The molecule has 3 atom stereocenters. The van der Waals surface area contributed by atoms with Gasteiger partial charge in [-0.25, -0.2) is 0 Å². The standard InChI is InChI=1S/C23H26Cl2N2O5/c1-11-6-12(2)26-22(29)16(11)9-27-5-4-15-17(24)8-19(21(25)20(15)23(27)30)32-14-7-18(13(3)28)31-10-14/h6,8,13-14,18,28H,4-5,7,9-10H2,1-3H3,(H,26,29)/t13?,14-,18-/m1/s1. The van der Waals surface area contributed by atoms with Crippen LogP contribution in [0.15, 0.2) is 16.9 Å². The van der Waals surface area contributed by atoms with Crippen LogP contribution in [-0.2, 0) is 17.7 Å². The molecule has 2 N–H and O–H groups in total. The molecule has 1 aromatic heterocycles. The van der Waals surface area contributed by atoms with Crippen LogP contribution in [0.1, 0.15) is 46.1 Å². The van der Waals surface area contributed by atoms with Gasteiger partial charge in [0.1, 0.15) is 11.9 Å². The number of benzene rings is 1. The van der Waals surface area contributed by atoms with Crippen molar-refractivity contribution in [2.75, 3.05) is 13.2 Å². The van der Waals surface area contributed by atoms with Gasteiger partial charge in [-0.05, 0) is 44.4 Å². The van der Waals surface area contributed by atoms with Crippen LogP contribution in [0.2, 0.25) is 10.0 Å². The van der Waals surface area contributed by atoms with Crippen molar-refractivity contribution in [3.63, 3.8) is 0 Å². The van der Waals surface area contributed by atoms with Crippen LogP contribution in [0.25, 0.3) is 0 Å². The van der Waals surface area contributed by atoms with Gasteiger partial charge in [0, 0.05) is 35.3 Å². The maximum absolute atomic E-state index is 13.4. The highest BCUT2D eigenvalue weighted by Gasteiger charge is 2.34. The second kappa shape index (κ2) is 9.06. The molecular weight excluding hydrogens is 455 g/mol. The van der Waals surface area contributed by atoms with Gasteiger partial charge in [0.15, 0.2) is 0 Å². The van der Waals surface area contributed by atoms with Crippen molar-refractivity contribution in [3.8, 4) is 5.75 Å². The van der Waals surface area contributed by atoms with E-state index in [-0.39, 0.29) is 35.2 Å². The van der Waals surface area contributed by atoms with Crippen molar-refractivity contribution in [1.29, 1.82) is 0 Å². The zero-order valence-corrected chi connectivity index (χ0v) is 19.7. The molecule has 7 nitrogen and oxygen atoms in total. The minimum absolute atomic E-state index is 0.186. The van der Waals surface area contributed by atoms with E-state index in [0.717, 1.165) is 11.3 Å². The summed E-state index contributed by atoms with van der Waals surface area (Å²) in [5, 5.41) is 10.4. The van der Waals surface area contributed by atoms with E-state index in [9.17, 15) is 14.7 Å². The Bertz CT molecular complexity index is 1110. The third-order valence-corrected chi connectivity index (χ3v) is 6.79. The maximum atomic E-state index is 13.4. The van der Waals surface area contributed by atoms with Crippen molar-refractivity contribution in [2.45, 2.75) is 58.5 Å². The van der Waals surface area contributed by atoms with Gasteiger partial charge in [-0.15, -0.1) is 0 Å². The van der Waals surface area contributed by atoms with Gasteiger partial charge in [0.05, 0.1) is 35.9 Å². The average Bonchev–Trinajstić information content (AvgIpc) is 3.18. The van der Waals surface area contributed by atoms with Crippen molar-refractivity contribution in [1.82, 2.24) is 9.88 Å². The quantitative estimate of drug-likeness (QED) is 0.683. The first-order valence-corrected chi connectivity index (χ1v) is 11.4. The maximum Gasteiger partial charge on any atom is 0.256 e. The van der Waals surface area contributed by atoms with E-state index in [0.29, 0.717) is 53.5 Å². The predicted octanol–water partition coefficient (Wildman–Crippen LogP) is 3.41. The Labute approximate surface area is 196 Å². The summed E-state index contributed by atoms with van der Waals surface area (Å²) >= 11 is 13.1. The molecule has 1 amide bonds. The summed E-state index contributed by atoms with van der Waals surface area (Å²) in [5.41, 5.74) is 2.96. The molecule has 2 aliphatic rings. The smallest absolute Gasteiger partial charge is 0.256 e. The van der Waals surface area contributed by atoms with E-state index in [1.165, 1.54) is 0 Å². The van der Waals surface area contributed by atoms with Crippen LogP contribution >= 0.6 is 23.2 Å². The minimum Gasteiger partial charge on any atom is -0.486 e. The molecule has 0 saturated carbocycles. The number of halogens is 2. The number of carbonyl (C=O) groups is 1. The zero-order chi connectivity index (χ0) is 23.2. The summed E-state index contributed by atoms with van der Waals surface area (Å²) in [4.78, 5) is 30.2. The van der Waals surface area contributed by atoms with Crippen molar-refractivity contribution in [3.05, 3.63) is 60.5 Å². The molecule has 1 fully saturated rings. The SMILES string of the molecule is Cc1cc(C)c(CN2CCc3c(Cl)cc(O[C@H]4CO[C@@H](C(C)O)C4)c(Cl)c3C2=O)c(=O)[nH]1. The van der Waals surface area contributed by atoms with Gasteiger partial charge in [-0.2, -0.15) is 0 Å². The lowest BCUT2D eigenvalue weighted by atomic mass is 9.97. The Morgan fingerprint density at radius 3 is 2.72 bits per heavy atom. The number of aryl methyl sites for hydroxylation is 2. The summed E-state index contributed by atoms with van der Waals surface area (Å²) < 4.78 is 11.6. The van der Waals surface area contributed by atoms with E-state index in [2.05, 4.69) is 4.98 Å². The number of aromatic amines is 1. The van der Waals surface area contributed by atoms with E-state index in [4.69, 9.17) is 32.7 Å². The van der Waals surface area contributed by atoms with E-state index < -0.39 is 6.10 Å². The molecule has 0 bridgehead atoms. The molecule has 0 aliphatic carbocycles. The number of hydrogen-bond acceptors (Lipinski definition) is 5. The van der Waals surface area contributed by atoms with Gasteiger partial charge < -0.3 is 24.5 Å². The summed E-state index contributed by atoms with van der Waals surface area (Å²) in [5.74, 6) is 0.0299. The van der Waals surface area contributed by atoms with Crippen LogP contribution in [0.4, 0.5) is 0 Å². The van der Waals surface area contributed by atoms with Crippen LogP contribution in [0.5, 0.6) is 5.75 Å². The molecule has 1 aromatic carbocycles. The first kappa shape index (κ1) is 23.1. The summed E-state index contributed by atoms with van der Waals surface area (Å²) in [6, 6.07) is 3.52. The van der Waals surface area contributed by atoms with Crippen LogP contribution < -0.4 is 10.3 Å². The number of rotatable bonds is 5. The lowest BCUT2D eigenvalue weighted by Gasteiger charge is -2.31. The summed E-state index contributed by atoms with van der Waals surface area (Å²) in [7, 11) is 0. The number of fused-ring (bicyclic) bond motifs is 1. The third-order valence-electron chi connectivity index (χ3n) is 6.08. The fourth-order valence-corrected chi connectivity index (χ4v) is 4.93. The number of carbonyl (C=O) groups excluding carboxylic acids is 1. The molecule has 32 heavy (non-hydrogen) atoms. The first-order chi connectivity index (χ1) is 15.2. The van der Waals surface area contributed by atoms with E-state index in [1.54, 1.807) is 17.9 Å². The number of aromatic nitrogens is 1. The van der Waals surface area contributed by atoms with Crippen LogP contribution in [-0.4, -0.2) is 52.4 Å². The van der Waals surface area contributed by atoms with Crippen LogP contribution in [0.3, 0.4) is 0 Å². The Hall–Kier alpha value is -2.06. The number of nitrogens with one attached hydrogen (secondary N) is 1. The van der Waals surface area contributed by atoms with Crippen LogP contribution in [0, 0.1) is 13.8 Å². The number of amides is 1. The normalized spacial score (nSPS) is 21.6. The van der Waals surface area contributed by atoms with Gasteiger partial charge in [-0.1, -0.05) is 23.2 Å². The number of nitrogens with zero attached hydrogens (tertiary/aromatic N) is 1. The molecule has 0 radical (unpaired) electrons. The number of ether oxygens (including phenoxy) is 2. The molecule has 2 aliphatic heterocycles. The van der Waals surface area contributed by atoms with Gasteiger partial charge >= 0.3 is 0 Å². The molecule has 3 heterocycles. The van der Waals surface area contributed by atoms with Gasteiger partial charge in [-0.3, -0.25) is 9.59 Å². The zero-order valence-electron chi connectivity index (χ0n) is 18.2. The molecule has 1 saturated heterocycles. The number of H-pyrrole nitrogens is 1. The van der Waals surface area contributed by atoms with Gasteiger partial charge in [0.25, 0.3) is 11.5 Å². The highest BCUT2D eigenvalue weighted by molar-refractivity contribution is 6.38. The highest BCUT2D eigenvalue weighted by atomic mass is 35.5. The first-order valence-electron chi connectivity index (χ1n) is 10.6. The number of aliphatic hydroxyl groups excluding tert-OH is 1. The fourth-order valence-electron chi connectivity index (χ4n) is 4.34. The molecule has 0 spiro atoms. The third kappa shape index (κ3) is 4.39. The molecule has 2 aromatic rings. The van der Waals surface area contributed by atoms with Crippen molar-refractivity contribution in [2.24, 2.45) is 0 Å². The second-order valence-corrected chi connectivity index (χ2v) is 9.32. The largest absolute Gasteiger partial charge is 0.486 e. The highest BCUT2D eigenvalue weighted by Crippen LogP contribution is 2.40. The number of aliphatic hydroxyl groups is 1. The van der Waals surface area contributed by atoms with Crippen molar-refractivity contribution < 1.29 is 19.4 Å². The number of hydrogen-bond donors (Lipinski definition) is 2. The van der Waals surface area contributed by atoms with E-state index >= 15 is 0 Å².